The molecule has 0 radical (unpaired) electrons. The summed E-state index contributed by atoms with van der Waals surface area (Å²) in [6.07, 6.45) is 0. The number of ether oxygens (including phenoxy) is 2. The number of aromatic nitrogens is 1. The second-order valence-electron chi connectivity index (χ2n) is 5.91. The zero-order valence-electron chi connectivity index (χ0n) is 15.6. The van der Waals surface area contributed by atoms with Crippen molar-refractivity contribution in [3.05, 3.63) is 65.2 Å². The second kappa shape index (κ2) is 8.68. The number of hydrogen-bond donors (Lipinski definition) is 0. The molecule has 2 aromatic carbocycles. The van der Waals surface area contributed by atoms with Gasteiger partial charge in [-0.05, 0) is 30.7 Å². The van der Waals surface area contributed by atoms with Crippen LogP contribution in [0.25, 0.3) is 10.6 Å². The van der Waals surface area contributed by atoms with Crippen LogP contribution < -0.4 is 9.47 Å². The summed E-state index contributed by atoms with van der Waals surface area (Å²) in [4.78, 5) is 19.2. The number of methoxy groups -OCH3 is 2. The molecule has 0 saturated carbocycles. The number of nitrogens with zero attached hydrogens (tertiary/aromatic N) is 2. The maximum Gasteiger partial charge on any atom is 0.273 e. The summed E-state index contributed by atoms with van der Waals surface area (Å²) >= 11 is 1.44. The Morgan fingerprint density at radius 1 is 1.07 bits per heavy atom. The molecule has 0 aliphatic heterocycles. The summed E-state index contributed by atoms with van der Waals surface area (Å²) < 4.78 is 10.6. The van der Waals surface area contributed by atoms with Crippen LogP contribution in [0, 0.1) is 0 Å². The van der Waals surface area contributed by atoms with Crippen LogP contribution in [0.4, 0.5) is 0 Å². The van der Waals surface area contributed by atoms with Crippen LogP contribution in [0.2, 0.25) is 0 Å². The van der Waals surface area contributed by atoms with Crippen LogP contribution in [0.1, 0.15) is 23.0 Å². The molecule has 1 heterocycles. The molecule has 6 heteroatoms. The monoisotopic (exact) mass is 382 g/mol. The maximum atomic E-state index is 12.9. The van der Waals surface area contributed by atoms with Gasteiger partial charge in [-0.15, -0.1) is 11.3 Å². The van der Waals surface area contributed by atoms with Crippen LogP contribution in [0.15, 0.2) is 53.9 Å². The average molecular weight is 382 g/mol. The molecule has 1 aromatic heterocycles. The lowest BCUT2D eigenvalue weighted by molar-refractivity contribution is 0.0747. The third-order valence-corrected chi connectivity index (χ3v) is 5.13. The standard InChI is InChI=1S/C21H22N2O3S/c1-4-23(13-15-8-6-5-7-9-15)21(24)17-14-27-20(22-17)16-10-11-18(25-2)19(12-16)26-3/h5-12,14H,4,13H2,1-3H3. The molecular weight excluding hydrogens is 360 g/mol. The van der Waals surface area contributed by atoms with E-state index in [1.54, 1.807) is 19.1 Å². The number of thiazole rings is 1. The Kier molecular flexibility index (Phi) is 6.08. The molecule has 3 aromatic rings. The van der Waals surface area contributed by atoms with Gasteiger partial charge in [-0.3, -0.25) is 4.79 Å². The SMILES string of the molecule is CCN(Cc1ccccc1)C(=O)c1csc(-c2ccc(OC)c(OC)c2)n1. The first kappa shape index (κ1) is 18.9. The van der Waals surface area contributed by atoms with Gasteiger partial charge in [-0.2, -0.15) is 0 Å². The first-order chi connectivity index (χ1) is 13.2. The molecule has 3 rings (SSSR count). The summed E-state index contributed by atoms with van der Waals surface area (Å²) in [6, 6.07) is 15.6. The zero-order chi connectivity index (χ0) is 19.2. The van der Waals surface area contributed by atoms with E-state index in [0.29, 0.717) is 30.3 Å². The quantitative estimate of drug-likeness (QED) is 0.604. The summed E-state index contributed by atoms with van der Waals surface area (Å²) in [5, 5.41) is 2.58. The van der Waals surface area contributed by atoms with Crippen molar-refractivity contribution in [2.75, 3.05) is 20.8 Å². The van der Waals surface area contributed by atoms with E-state index in [1.165, 1.54) is 11.3 Å². The third kappa shape index (κ3) is 4.28. The molecule has 5 nitrogen and oxygen atoms in total. The van der Waals surface area contributed by atoms with E-state index in [4.69, 9.17) is 9.47 Å². The minimum Gasteiger partial charge on any atom is -0.493 e. The number of carbonyl (C=O) groups excluding carboxylic acids is 1. The predicted octanol–water partition coefficient (Wildman–Crippen LogP) is 4.49. The van der Waals surface area contributed by atoms with Crippen molar-refractivity contribution in [1.82, 2.24) is 9.88 Å². The van der Waals surface area contributed by atoms with E-state index in [2.05, 4.69) is 4.98 Å². The van der Waals surface area contributed by atoms with E-state index in [-0.39, 0.29) is 5.91 Å². The Balaban J connectivity index is 1.81. The van der Waals surface area contributed by atoms with Gasteiger partial charge < -0.3 is 14.4 Å². The highest BCUT2D eigenvalue weighted by molar-refractivity contribution is 7.13. The zero-order valence-corrected chi connectivity index (χ0v) is 16.5. The molecule has 0 atom stereocenters. The molecule has 0 aliphatic carbocycles. The van der Waals surface area contributed by atoms with Crippen molar-refractivity contribution >= 4 is 17.2 Å². The number of rotatable bonds is 7. The number of hydrogen-bond acceptors (Lipinski definition) is 5. The molecule has 0 spiro atoms. The van der Waals surface area contributed by atoms with E-state index >= 15 is 0 Å². The lowest BCUT2D eigenvalue weighted by Gasteiger charge is -2.19. The molecule has 27 heavy (non-hydrogen) atoms. The van der Waals surface area contributed by atoms with E-state index in [1.807, 2.05) is 60.8 Å². The van der Waals surface area contributed by atoms with Gasteiger partial charge in [-0.1, -0.05) is 30.3 Å². The van der Waals surface area contributed by atoms with Crippen LogP contribution in [0.3, 0.4) is 0 Å². The lowest BCUT2D eigenvalue weighted by atomic mass is 10.2. The highest BCUT2D eigenvalue weighted by Gasteiger charge is 2.19. The minimum atomic E-state index is -0.0654. The molecule has 1 amide bonds. The van der Waals surface area contributed by atoms with Gasteiger partial charge in [0.1, 0.15) is 10.7 Å². The number of benzene rings is 2. The van der Waals surface area contributed by atoms with Gasteiger partial charge in [-0.25, -0.2) is 4.98 Å². The van der Waals surface area contributed by atoms with Gasteiger partial charge in [0.2, 0.25) is 0 Å². The van der Waals surface area contributed by atoms with Crippen molar-refractivity contribution in [3.8, 4) is 22.1 Å². The van der Waals surface area contributed by atoms with Gasteiger partial charge >= 0.3 is 0 Å². The van der Waals surface area contributed by atoms with E-state index in [9.17, 15) is 4.79 Å². The Hall–Kier alpha value is -2.86. The molecule has 140 valence electrons. The Bertz CT molecular complexity index is 909. The smallest absolute Gasteiger partial charge is 0.273 e. The number of carbonyl (C=O) groups is 1. The summed E-state index contributed by atoms with van der Waals surface area (Å²) in [5.41, 5.74) is 2.45. The minimum absolute atomic E-state index is 0.0654. The van der Waals surface area contributed by atoms with Gasteiger partial charge in [0.15, 0.2) is 11.5 Å². The molecule has 0 saturated heterocycles. The fourth-order valence-electron chi connectivity index (χ4n) is 2.77. The Labute approximate surface area is 163 Å². The van der Waals surface area contributed by atoms with Gasteiger partial charge in [0, 0.05) is 24.0 Å². The van der Waals surface area contributed by atoms with Gasteiger partial charge in [0.05, 0.1) is 14.2 Å². The Morgan fingerprint density at radius 2 is 1.81 bits per heavy atom. The van der Waals surface area contributed by atoms with Gasteiger partial charge in [0.25, 0.3) is 5.91 Å². The van der Waals surface area contributed by atoms with E-state index < -0.39 is 0 Å². The normalized spacial score (nSPS) is 10.5. The molecule has 0 bridgehead atoms. The van der Waals surface area contributed by atoms with Crippen molar-refractivity contribution in [2.45, 2.75) is 13.5 Å². The fourth-order valence-corrected chi connectivity index (χ4v) is 3.56. The summed E-state index contributed by atoms with van der Waals surface area (Å²) in [5.74, 6) is 1.23. The topological polar surface area (TPSA) is 51.7 Å². The van der Waals surface area contributed by atoms with Crippen LogP contribution in [-0.2, 0) is 6.54 Å². The first-order valence-electron chi connectivity index (χ1n) is 8.67. The molecule has 0 fully saturated rings. The average Bonchev–Trinajstić information content (AvgIpc) is 3.22. The molecule has 0 unspecified atom stereocenters. The highest BCUT2D eigenvalue weighted by Crippen LogP contribution is 2.33. The van der Waals surface area contributed by atoms with E-state index in [0.717, 1.165) is 16.1 Å². The molecular formula is C21H22N2O3S. The first-order valence-corrected chi connectivity index (χ1v) is 9.55. The van der Waals surface area contributed by atoms with Crippen LogP contribution >= 0.6 is 11.3 Å². The predicted molar refractivity (Wildman–Crippen MR) is 108 cm³/mol. The third-order valence-electron chi connectivity index (χ3n) is 4.24. The largest absolute Gasteiger partial charge is 0.493 e. The number of amides is 1. The second-order valence-corrected chi connectivity index (χ2v) is 6.77. The summed E-state index contributed by atoms with van der Waals surface area (Å²) in [7, 11) is 3.20. The summed E-state index contributed by atoms with van der Waals surface area (Å²) in [6.45, 7) is 3.17. The van der Waals surface area contributed by atoms with Crippen molar-refractivity contribution < 1.29 is 14.3 Å². The highest BCUT2D eigenvalue weighted by atomic mass is 32.1. The Morgan fingerprint density at radius 3 is 2.48 bits per heavy atom. The fraction of sp³-hybridized carbons (Fsp3) is 0.238. The van der Waals surface area contributed by atoms with Crippen molar-refractivity contribution in [3.63, 3.8) is 0 Å². The lowest BCUT2D eigenvalue weighted by Crippen LogP contribution is -2.30. The molecule has 0 aliphatic rings. The van der Waals surface area contributed by atoms with Crippen molar-refractivity contribution in [2.24, 2.45) is 0 Å². The van der Waals surface area contributed by atoms with Crippen molar-refractivity contribution in [1.29, 1.82) is 0 Å². The molecule has 0 N–H and O–H groups in total. The van der Waals surface area contributed by atoms with Crippen LogP contribution in [0.5, 0.6) is 11.5 Å². The maximum absolute atomic E-state index is 12.9. The van der Waals surface area contributed by atoms with Crippen LogP contribution in [-0.4, -0.2) is 36.6 Å².